The van der Waals surface area contributed by atoms with E-state index in [1.165, 1.54) is 12.3 Å². The van der Waals surface area contributed by atoms with Gasteiger partial charge in [0.05, 0.1) is 0 Å². The van der Waals surface area contributed by atoms with Crippen molar-refractivity contribution in [1.29, 1.82) is 0 Å². The van der Waals surface area contributed by atoms with Crippen LogP contribution in [-0.2, 0) is 0 Å². The number of anilines is 1. The third kappa shape index (κ3) is 3.55. The Morgan fingerprint density at radius 1 is 1.67 bits per heavy atom. The van der Waals surface area contributed by atoms with Crippen molar-refractivity contribution in [3.63, 3.8) is 0 Å². The molecule has 5 heteroatoms. The molecule has 0 aliphatic carbocycles. The number of nitrogens with zero attached hydrogens (tertiary/aromatic N) is 1. The Balaban J connectivity index is 2.69. The Hall–Kier alpha value is -1.62. The van der Waals surface area contributed by atoms with Gasteiger partial charge in [-0.05, 0) is 25.5 Å². The summed E-state index contributed by atoms with van der Waals surface area (Å²) in [5.74, 6) is -1.05. The van der Waals surface area contributed by atoms with Crippen molar-refractivity contribution in [2.45, 2.75) is 19.4 Å². The molecule has 0 saturated heterocycles. The van der Waals surface area contributed by atoms with Crippen LogP contribution < -0.4 is 5.32 Å². The van der Waals surface area contributed by atoms with E-state index < -0.39 is 5.97 Å². The Bertz CT molecular complexity index is 341. The number of aliphatic hydroxyl groups is 1. The summed E-state index contributed by atoms with van der Waals surface area (Å²) < 4.78 is 0. The third-order valence-corrected chi connectivity index (χ3v) is 1.95. The lowest BCUT2D eigenvalue weighted by Crippen LogP contribution is -2.17. The van der Waals surface area contributed by atoms with E-state index in [9.17, 15) is 4.79 Å². The van der Waals surface area contributed by atoms with E-state index >= 15 is 0 Å². The van der Waals surface area contributed by atoms with Crippen molar-refractivity contribution < 1.29 is 15.0 Å². The molecule has 3 N–H and O–H groups in total. The first-order chi connectivity index (χ1) is 7.13. The standard InChI is InChI=1S/C10H14N2O3/c1-7(3-5-13)12-8-2-4-11-9(6-8)10(14)15/h2,4,6-7,13H,3,5H2,1H3,(H,11,12)(H,14,15). The fourth-order valence-corrected chi connectivity index (χ4v) is 1.19. The van der Waals surface area contributed by atoms with Crippen LogP contribution in [0.25, 0.3) is 0 Å². The first-order valence-electron chi connectivity index (χ1n) is 4.70. The van der Waals surface area contributed by atoms with Crippen molar-refractivity contribution in [1.82, 2.24) is 4.98 Å². The summed E-state index contributed by atoms with van der Waals surface area (Å²) in [4.78, 5) is 14.3. The van der Waals surface area contributed by atoms with E-state index in [4.69, 9.17) is 10.2 Å². The molecule has 1 heterocycles. The van der Waals surface area contributed by atoms with Gasteiger partial charge in [-0.3, -0.25) is 0 Å². The van der Waals surface area contributed by atoms with Gasteiger partial charge in [-0.2, -0.15) is 0 Å². The van der Waals surface area contributed by atoms with Crippen molar-refractivity contribution in [2.24, 2.45) is 0 Å². The normalized spacial score (nSPS) is 12.1. The molecule has 0 radical (unpaired) electrons. The van der Waals surface area contributed by atoms with Gasteiger partial charge in [0, 0.05) is 24.5 Å². The van der Waals surface area contributed by atoms with E-state index in [1.54, 1.807) is 6.07 Å². The van der Waals surface area contributed by atoms with Crippen LogP contribution in [0.5, 0.6) is 0 Å². The van der Waals surface area contributed by atoms with E-state index in [1.807, 2.05) is 6.92 Å². The Morgan fingerprint density at radius 2 is 2.40 bits per heavy atom. The molecule has 0 aliphatic heterocycles. The van der Waals surface area contributed by atoms with Gasteiger partial charge < -0.3 is 15.5 Å². The highest BCUT2D eigenvalue weighted by Crippen LogP contribution is 2.10. The predicted octanol–water partition coefficient (Wildman–Crippen LogP) is 0.963. The number of aliphatic hydroxyl groups excluding tert-OH is 1. The van der Waals surface area contributed by atoms with Crippen LogP contribution in [0, 0.1) is 0 Å². The van der Waals surface area contributed by atoms with Gasteiger partial charge in [0.15, 0.2) is 0 Å². The highest BCUT2D eigenvalue weighted by atomic mass is 16.4. The van der Waals surface area contributed by atoms with Gasteiger partial charge in [0.2, 0.25) is 0 Å². The van der Waals surface area contributed by atoms with Gasteiger partial charge >= 0.3 is 5.97 Å². The molecule has 82 valence electrons. The second-order valence-electron chi connectivity index (χ2n) is 3.29. The number of rotatable bonds is 5. The molecule has 0 aliphatic rings. The second-order valence-corrected chi connectivity index (χ2v) is 3.29. The molecule has 0 spiro atoms. The first-order valence-corrected chi connectivity index (χ1v) is 4.70. The fraction of sp³-hybridized carbons (Fsp3) is 0.400. The molecule has 0 amide bonds. The second kappa shape index (κ2) is 5.31. The number of carbonyl (C=O) groups is 1. The molecule has 5 nitrogen and oxygen atoms in total. The maximum Gasteiger partial charge on any atom is 0.354 e. The minimum Gasteiger partial charge on any atom is -0.477 e. The summed E-state index contributed by atoms with van der Waals surface area (Å²) in [6.07, 6.45) is 2.06. The molecule has 0 saturated carbocycles. The third-order valence-electron chi connectivity index (χ3n) is 1.95. The first kappa shape index (κ1) is 11.5. The average molecular weight is 210 g/mol. The quantitative estimate of drug-likeness (QED) is 0.674. The van der Waals surface area contributed by atoms with Crippen LogP contribution in [0.3, 0.4) is 0 Å². The van der Waals surface area contributed by atoms with Gasteiger partial charge in [-0.25, -0.2) is 9.78 Å². The molecule has 0 aromatic carbocycles. The topological polar surface area (TPSA) is 82.5 Å². The highest BCUT2D eigenvalue weighted by molar-refractivity contribution is 5.86. The molecule has 1 unspecified atom stereocenters. The molecule has 15 heavy (non-hydrogen) atoms. The lowest BCUT2D eigenvalue weighted by molar-refractivity contribution is 0.0690. The van der Waals surface area contributed by atoms with Crippen LogP contribution in [0.1, 0.15) is 23.8 Å². The Kier molecular flexibility index (Phi) is 4.05. The zero-order valence-electron chi connectivity index (χ0n) is 8.47. The van der Waals surface area contributed by atoms with Crippen molar-refractivity contribution in [3.8, 4) is 0 Å². The van der Waals surface area contributed by atoms with Crippen molar-refractivity contribution in [2.75, 3.05) is 11.9 Å². The predicted molar refractivity (Wildman–Crippen MR) is 56.0 cm³/mol. The van der Waals surface area contributed by atoms with Crippen molar-refractivity contribution >= 4 is 11.7 Å². The molecular weight excluding hydrogens is 196 g/mol. The van der Waals surface area contributed by atoms with E-state index in [0.29, 0.717) is 12.1 Å². The number of aromatic nitrogens is 1. The van der Waals surface area contributed by atoms with Gasteiger partial charge in [-0.15, -0.1) is 0 Å². The van der Waals surface area contributed by atoms with Crippen LogP contribution in [0.15, 0.2) is 18.3 Å². The number of hydrogen-bond donors (Lipinski definition) is 3. The SMILES string of the molecule is CC(CCO)Nc1ccnc(C(=O)O)c1. The number of hydrogen-bond acceptors (Lipinski definition) is 4. The molecule has 1 atom stereocenters. The van der Waals surface area contributed by atoms with E-state index in [2.05, 4.69) is 10.3 Å². The monoisotopic (exact) mass is 210 g/mol. The fourth-order valence-electron chi connectivity index (χ4n) is 1.19. The minimum absolute atomic E-state index is 0.0104. The van der Waals surface area contributed by atoms with Crippen LogP contribution >= 0.6 is 0 Å². The number of aromatic carboxylic acids is 1. The van der Waals surface area contributed by atoms with E-state index in [0.717, 1.165) is 0 Å². The van der Waals surface area contributed by atoms with Crippen LogP contribution in [-0.4, -0.2) is 33.8 Å². The highest BCUT2D eigenvalue weighted by Gasteiger charge is 2.06. The maximum atomic E-state index is 10.6. The summed E-state index contributed by atoms with van der Waals surface area (Å²) in [6.45, 7) is 2.02. The Labute approximate surface area is 87.8 Å². The molecule has 1 aromatic heterocycles. The molecule has 0 bridgehead atoms. The summed E-state index contributed by atoms with van der Waals surface area (Å²) >= 11 is 0. The molecular formula is C10H14N2O3. The lowest BCUT2D eigenvalue weighted by Gasteiger charge is -2.13. The smallest absolute Gasteiger partial charge is 0.354 e. The van der Waals surface area contributed by atoms with Gasteiger partial charge in [0.25, 0.3) is 0 Å². The Morgan fingerprint density at radius 3 is 3.00 bits per heavy atom. The number of pyridine rings is 1. The number of carboxylic acid groups (broad SMARTS) is 1. The zero-order chi connectivity index (χ0) is 11.3. The summed E-state index contributed by atoms with van der Waals surface area (Å²) in [6, 6.07) is 3.26. The average Bonchev–Trinajstić information content (AvgIpc) is 2.18. The summed E-state index contributed by atoms with van der Waals surface area (Å²) in [5.41, 5.74) is 0.708. The van der Waals surface area contributed by atoms with E-state index in [-0.39, 0.29) is 18.3 Å². The zero-order valence-corrected chi connectivity index (χ0v) is 8.47. The number of nitrogens with one attached hydrogen (secondary N) is 1. The maximum absolute atomic E-state index is 10.6. The van der Waals surface area contributed by atoms with Crippen LogP contribution in [0.2, 0.25) is 0 Å². The minimum atomic E-state index is -1.05. The van der Waals surface area contributed by atoms with Gasteiger partial charge in [0.1, 0.15) is 5.69 Å². The molecule has 1 rings (SSSR count). The largest absolute Gasteiger partial charge is 0.477 e. The summed E-state index contributed by atoms with van der Waals surface area (Å²) in [5, 5.41) is 20.5. The summed E-state index contributed by atoms with van der Waals surface area (Å²) in [7, 11) is 0. The number of carboxylic acids is 1. The van der Waals surface area contributed by atoms with Crippen molar-refractivity contribution in [3.05, 3.63) is 24.0 Å². The van der Waals surface area contributed by atoms with Gasteiger partial charge in [-0.1, -0.05) is 0 Å². The lowest BCUT2D eigenvalue weighted by atomic mass is 10.2. The molecule has 1 aromatic rings. The molecule has 0 fully saturated rings. The van der Waals surface area contributed by atoms with Crippen LogP contribution in [0.4, 0.5) is 5.69 Å².